The number of aliphatic imine (C=N–C) groups is 1. The number of carbonyl (C=O) groups is 1. The summed E-state index contributed by atoms with van der Waals surface area (Å²) < 4.78 is 4.87. The van der Waals surface area contributed by atoms with E-state index in [2.05, 4.69) is 22.4 Å². The SMILES string of the molecule is CCOC(=O)CCCN=C(N)Nc1cccc2c1CCCC2.I. The van der Waals surface area contributed by atoms with Crippen LogP contribution in [0.3, 0.4) is 0 Å². The van der Waals surface area contributed by atoms with Crippen molar-refractivity contribution >= 4 is 41.6 Å². The first-order valence-corrected chi connectivity index (χ1v) is 8.04. The maximum absolute atomic E-state index is 11.2. The number of rotatable bonds is 6. The van der Waals surface area contributed by atoms with Gasteiger partial charge in [-0.2, -0.15) is 0 Å². The van der Waals surface area contributed by atoms with Gasteiger partial charge in [0.15, 0.2) is 5.96 Å². The summed E-state index contributed by atoms with van der Waals surface area (Å²) in [5.41, 5.74) is 9.76. The predicted molar refractivity (Wildman–Crippen MR) is 104 cm³/mol. The summed E-state index contributed by atoms with van der Waals surface area (Å²) in [5.74, 6) is 0.226. The Bertz CT molecular complexity index is 547. The van der Waals surface area contributed by atoms with Gasteiger partial charge in [-0.25, -0.2) is 0 Å². The van der Waals surface area contributed by atoms with Crippen molar-refractivity contribution in [1.82, 2.24) is 0 Å². The van der Waals surface area contributed by atoms with Crippen molar-refractivity contribution in [3.63, 3.8) is 0 Å². The molecule has 128 valence electrons. The fraction of sp³-hybridized carbons (Fsp3) is 0.529. The van der Waals surface area contributed by atoms with E-state index in [4.69, 9.17) is 10.5 Å². The molecule has 0 fully saturated rings. The van der Waals surface area contributed by atoms with Crippen LogP contribution in [0.15, 0.2) is 23.2 Å². The molecule has 23 heavy (non-hydrogen) atoms. The Kier molecular flexibility index (Phi) is 8.98. The van der Waals surface area contributed by atoms with Crippen molar-refractivity contribution in [3.05, 3.63) is 29.3 Å². The van der Waals surface area contributed by atoms with Crippen LogP contribution in [0, 0.1) is 0 Å². The molecule has 0 aromatic heterocycles. The molecule has 1 aliphatic rings. The molecule has 2 rings (SSSR count). The molecule has 0 radical (unpaired) electrons. The van der Waals surface area contributed by atoms with Gasteiger partial charge in [0.05, 0.1) is 6.61 Å². The van der Waals surface area contributed by atoms with Gasteiger partial charge < -0.3 is 15.8 Å². The highest BCUT2D eigenvalue weighted by Gasteiger charge is 2.13. The summed E-state index contributed by atoms with van der Waals surface area (Å²) in [6, 6.07) is 6.29. The molecule has 1 aromatic rings. The van der Waals surface area contributed by atoms with Gasteiger partial charge in [-0.1, -0.05) is 12.1 Å². The topological polar surface area (TPSA) is 76.7 Å². The molecule has 0 saturated carbocycles. The van der Waals surface area contributed by atoms with Crippen LogP contribution < -0.4 is 11.1 Å². The number of hydrogen-bond donors (Lipinski definition) is 2. The van der Waals surface area contributed by atoms with E-state index in [0.717, 1.165) is 18.5 Å². The molecule has 1 aliphatic carbocycles. The van der Waals surface area contributed by atoms with Gasteiger partial charge in [-0.15, -0.1) is 24.0 Å². The number of halogens is 1. The van der Waals surface area contributed by atoms with E-state index in [1.54, 1.807) is 6.92 Å². The lowest BCUT2D eigenvalue weighted by Gasteiger charge is -2.19. The zero-order chi connectivity index (χ0) is 15.8. The van der Waals surface area contributed by atoms with Crippen molar-refractivity contribution in [3.8, 4) is 0 Å². The van der Waals surface area contributed by atoms with E-state index in [-0.39, 0.29) is 29.9 Å². The second-order valence-corrected chi connectivity index (χ2v) is 5.45. The standard InChI is InChI=1S/C17H25N3O2.HI/c1-2-22-16(21)11-6-12-19-17(18)20-15-10-5-8-13-7-3-4-9-14(13)15;/h5,8,10H,2-4,6-7,9,11-12H2,1H3,(H3,18,19,20);1H. The fourth-order valence-electron chi connectivity index (χ4n) is 2.73. The summed E-state index contributed by atoms with van der Waals surface area (Å²) in [7, 11) is 0. The lowest BCUT2D eigenvalue weighted by atomic mass is 9.90. The average Bonchev–Trinajstić information content (AvgIpc) is 2.52. The van der Waals surface area contributed by atoms with Gasteiger partial charge in [0.25, 0.3) is 0 Å². The zero-order valence-corrected chi connectivity index (χ0v) is 16.0. The van der Waals surface area contributed by atoms with Crippen molar-refractivity contribution in [2.75, 3.05) is 18.5 Å². The average molecular weight is 431 g/mol. The number of anilines is 1. The first-order valence-electron chi connectivity index (χ1n) is 8.04. The van der Waals surface area contributed by atoms with Gasteiger partial charge in [-0.05, 0) is 56.2 Å². The number of nitrogens with zero attached hydrogens (tertiary/aromatic N) is 1. The molecule has 5 nitrogen and oxygen atoms in total. The Morgan fingerprint density at radius 2 is 2.13 bits per heavy atom. The number of guanidine groups is 1. The number of nitrogens with two attached hydrogens (primary N) is 1. The maximum atomic E-state index is 11.2. The monoisotopic (exact) mass is 431 g/mol. The Morgan fingerprint density at radius 3 is 2.91 bits per heavy atom. The van der Waals surface area contributed by atoms with Gasteiger partial charge >= 0.3 is 5.97 Å². The predicted octanol–water partition coefficient (Wildman–Crippen LogP) is 3.25. The minimum Gasteiger partial charge on any atom is -0.466 e. The highest BCUT2D eigenvalue weighted by Crippen LogP contribution is 2.27. The number of carbonyl (C=O) groups excluding carboxylic acids is 1. The third kappa shape index (κ3) is 6.37. The smallest absolute Gasteiger partial charge is 0.305 e. The van der Waals surface area contributed by atoms with Gasteiger partial charge in [0, 0.05) is 18.7 Å². The summed E-state index contributed by atoms with van der Waals surface area (Å²) in [6.45, 7) is 2.75. The van der Waals surface area contributed by atoms with Gasteiger partial charge in [0.1, 0.15) is 0 Å². The summed E-state index contributed by atoms with van der Waals surface area (Å²) in [4.78, 5) is 15.5. The van der Waals surface area contributed by atoms with Crippen molar-refractivity contribution in [2.24, 2.45) is 10.7 Å². The van der Waals surface area contributed by atoms with E-state index in [0.29, 0.717) is 32.0 Å². The van der Waals surface area contributed by atoms with Crippen molar-refractivity contribution in [1.29, 1.82) is 0 Å². The molecule has 3 N–H and O–H groups in total. The Morgan fingerprint density at radius 1 is 1.35 bits per heavy atom. The number of benzene rings is 1. The lowest BCUT2D eigenvalue weighted by molar-refractivity contribution is -0.143. The fourth-order valence-corrected chi connectivity index (χ4v) is 2.73. The third-order valence-corrected chi connectivity index (χ3v) is 3.79. The van der Waals surface area contributed by atoms with Crippen LogP contribution in [-0.4, -0.2) is 25.1 Å². The highest BCUT2D eigenvalue weighted by molar-refractivity contribution is 14.0. The highest BCUT2D eigenvalue weighted by atomic mass is 127. The number of esters is 1. The zero-order valence-electron chi connectivity index (χ0n) is 13.6. The summed E-state index contributed by atoms with van der Waals surface area (Å²) >= 11 is 0. The molecule has 0 heterocycles. The van der Waals surface area contributed by atoms with Gasteiger partial charge in [0.2, 0.25) is 0 Å². The minimum atomic E-state index is -0.179. The van der Waals surface area contributed by atoms with E-state index in [1.807, 2.05) is 6.07 Å². The van der Waals surface area contributed by atoms with Crippen LogP contribution in [0.1, 0.15) is 43.7 Å². The molecular weight excluding hydrogens is 405 g/mol. The van der Waals surface area contributed by atoms with E-state index >= 15 is 0 Å². The quantitative estimate of drug-likeness (QED) is 0.238. The van der Waals surface area contributed by atoms with Crippen LogP contribution in [0.4, 0.5) is 5.69 Å². The number of nitrogens with one attached hydrogen (secondary N) is 1. The number of fused-ring (bicyclic) bond motifs is 1. The molecule has 1 aromatic carbocycles. The maximum Gasteiger partial charge on any atom is 0.305 e. The minimum absolute atomic E-state index is 0. The van der Waals surface area contributed by atoms with E-state index < -0.39 is 0 Å². The van der Waals surface area contributed by atoms with Crippen LogP contribution in [-0.2, 0) is 22.4 Å². The molecule has 0 unspecified atom stereocenters. The number of ether oxygens (including phenoxy) is 1. The molecule has 0 amide bonds. The third-order valence-electron chi connectivity index (χ3n) is 3.79. The van der Waals surface area contributed by atoms with Crippen LogP contribution in [0.25, 0.3) is 0 Å². The van der Waals surface area contributed by atoms with Crippen LogP contribution in [0.5, 0.6) is 0 Å². The molecule has 0 bridgehead atoms. The second-order valence-electron chi connectivity index (χ2n) is 5.45. The van der Waals surface area contributed by atoms with Gasteiger partial charge in [-0.3, -0.25) is 9.79 Å². The van der Waals surface area contributed by atoms with Crippen LogP contribution >= 0.6 is 24.0 Å². The van der Waals surface area contributed by atoms with E-state index in [9.17, 15) is 4.79 Å². The lowest BCUT2D eigenvalue weighted by Crippen LogP contribution is -2.24. The normalized spacial score (nSPS) is 13.7. The molecule has 0 spiro atoms. The first kappa shape index (κ1) is 19.7. The summed E-state index contributed by atoms with van der Waals surface area (Å²) in [6.07, 6.45) is 5.74. The molecule has 0 atom stereocenters. The van der Waals surface area contributed by atoms with Crippen LogP contribution in [0.2, 0.25) is 0 Å². The van der Waals surface area contributed by atoms with E-state index in [1.165, 1.54) is 24.0 Å². The Balaban J connectivity index is 0.00000264. The first-order chi connectivity index (χ1) is 10.7. The molecule has 0 saturated heterocycles. The number of hydrogen-bond acceptors (Lipinski definition) is 3. The Hall–Kier alpha value is -1.31. The summed E-state index contributed by atoms with van der Waals surface area (Å²) in [5, 5.41) is 3.19. The number of aryl methyl sites for hydroxylation is 1. The molecular formula is C17H26IN3O2. The Labute approximate surface area is 155 Å². The second kappa shape index (κ2) is 10.5. The molecule has 6 heteroatoms. The van der Waals surface area contributed by atoms with Crippen molar-refractivity contribution in [2.45, 2.75) is 45.4 Å². The largest absolute Gasteiger partial charge is 0.466 e. The molecule has 0 aliphatic heterocycles. The van der Waals surface area contributed by atoms with Crippen molar-refractivity contribution < 1.29 is 9.53 Å².